The van der Waals surface area contributed by atoms with Gasteiger partial charge in [0.1, 0.15) is 6.33 Å². The molecule has 0 saturated carbocycles. The first kappa shape index (κ1) is 19.9. The molecule has 1 amide bonds. The van der Waals surface area contributed by atoms with E-state index in [1.165, 1.54) is 6.33 Å². The zero-order valence-corrected chi connectivity index (χ0v) is 16.9. The minimum Gasteiger partial charge on any atom is -0.374 e. The van der Waals surface area contributed by atoms with Crippen LogP contribution < -0.4 is 5.32 Å². The standard InChI is InChI=1S/C21H27N5O2/c1-14(2)28-12-18-8-6-5-7-17(18)11-22-20(27)10-9-19-15(3)25-21-23-13-24-26(21)16(19)4/h5-8,13-14H,9-12H2,1-4H3,(H,22,27). The van der Waals surface area contributed by atoms with Crippen LogP contribution in [0.3, 0.4) is 0 Å². The number of carbonyl (C=O) groups is 1. The molecule has 0 unspecified atom stereocenters. The molecule has 1 aromatic carbocycles. The van der Waals surface area contributed by atoms with Crippen molar-refractivity contribution in [2.75, 3.05) is 0 Å². The summed E-state index contributed by atoms with van der Waals surface area (Å²) in [5, 5.41) is 7.21. The number of fused-ring (bicyclic) bond motifs is 1. The Morgan fingerprint density at radius 3 is 2.71 bits per heavy atom. The van der Waals surface area contributed by atoms with Gasteiger partial charge in [-0.15, -0.1) is 0 Å². The molecule has 0 aliphatic carbocycles. The van der Waals surface area contributed by atoms with Crippen LogP contribution in [-0.4, -0.2) is 31.6 Å². The second-order valence-corrected chi connectivity index (χ2v) is 7.14. The van der Waals surface area contributed by atoms with E-state index >= 15 is 0 Å². The van der Waals surface area contributed by atoms with Crippen LogP contribution in [0, 0.1) is 13.8 Å². The van der Waals surface area contributed by atoms with Gasteiger partial charge in [0.05, 0.1) is 12.7 Å². The van der Waals surface area contributed by atoms with E-state index in [0.717, 1.165) is 28.1 Å². The molecule has 7 nitrogen and oxygen atoms in total. The quantitative estimate of drug-likeness (QED) is 0.649. The fraction of sp³-hybridized carbons (Fsp3) is 0.429. The summed E-state index contributed by atoms with van der Waals surface area (Å²) in [5.41, 5.74) is 5.09. The van der Waals surface area contributed by atoms with Gasteiger partial charge < -0.3 is 10.1 Å². The Bertz CT molecular complexity index is 965. The highest BCUT2D eigenvalue weighted by atomic mass is 16.5. The van der Waals surface area contributed by atoms with Crippen molar-refractivity contribution in [3.05, 3.63) is 58.7 Å². The summed E-state index contributed by atoms with van der Waals surface area (Å²) in [6.07, 6.45) is 2.68. The summed E-state index contributed by atoms with van der Waals surface area (Å²) < 4.78 is 7.42. The van der Waals surface area contributed by atoms with Crippen LogP contribution in [0.2, 0.25) is 0 Å². The van der Waals surface area contributed by atoms with E-state index in [-0.39, 0.29) is 12.0 Å². The molecule has 0 bridgehead atoms. The van der Waals surface area contributed by atoms with Crippen molar-refractivity contribution in [3.63, 3.8) is 0 Å². The Morgan fingerprint density at radius 2 is 1.96 bits per heavy atom. The normalized spacial score (nSPS) is 11.3. The third-order valence-corrected chi connectivity index (χ3v) is 4.76. The lowest BCUT2D eigenvalue weighted by atomic mass is 10.1. The van der Waals surface area contributed by atoms with Crippen molar-refractivity contribution in [1.82, 2.24) is 24.9 Å². The SMILES string of the molecule is Cc1nc2ncnn2c(C)c1CCC(=O)NCc1ccccc1COC(C)C. The first-order valence-corrected chi connectivity index (χ1v) is 9.56. The second kappa shape index (κ2) is 8.93. The van der Waals surface area contributed by atoms with Crippen LogP contribution in [0.1, 0.15) is 48.3 Å². The third-order valence-electron chi connectivity index (χ3n) is 4.76. The summed E-state index contributed by atoms with van der Waals surface area (Å²) in [7, 11) is 0. The van der Waals surface area contributed by atoms with Crippen molar-refractivity contribution in [3.8, 4) is 0 Å². The number of aromatic nitrogens is 4. The van der Waals surface area contributed by atoms with Gasteiger partial charge in [0.2, 0.25) is 5.91 Å². The van der Waals surface area contributed by atoms with Crippen LogP contribution in [0.15, 0.2) is 30.6 Å². The van der Waals surface area contributed by atoms with Gasteiger partial charge in [-0.2, -0.15) is 10.1 Å². The molecule has 0 saturated heterocycles. The Morgan fingerprint density at radius 1 is 1.21 bits per heavy atom. The summed E-state index contributed by atoms with van der Waals surface area (Å²) >= 11 is 0. The number of rotatable bonds is 8. The summed E-state index contributed by atoms with van der Waals surface area (Å²) in [5.74, 6) is 0.598. The number of benzene rings is 1. The first-order chi connectivity index (χ1) is 13.5. The fourth-order valence-corrected chi connectivity index (χ4v) is 3.17. The largest absolute Gasteiger partial charge is 0.374 e. The molecule has 0 fully saturated rings. The highest BCUT2D eigenvalue weighted by molar-refractivity contribution is 5.76. The monoisotopic (exact) mass is 381 g/mol. The molecular formula is C21H27N5O2. The second-order valence-electron chi connectivity index (χ2n) is 7.14. The summed E-state index contributed by atoms with van der Waals surface area (Å²) in [6.45, 7) is 8.99. The van der Waals surface area contributed by atoms with Crippen LogP contribution in [0.25, 0.3) is 5.78 Å². The average molecular weight is 381 g/mol. The van der Waals surface area contributed by atoms with E-state index in [4.69, 9.17) is 4.74 Å². The van der Waals surface area contributed by atoms with E-state index in [9.17, 15) is 4.79 Å². The van der Waals surface area contributed by atoms with Gasteiger partial charge in [-0.05, 0) is 50.8 Å². The molecule has 2 aromatic heterocycles. The van der Waals surface area contributed by atoms with Gasteiger partial charge in [-0.3, -0.25) is 4.79 Å². The lowest BCUT2D eigenvalue weighted by molar-refractivity contribution is -0.121. The van der Waals surface area contributed by atoms with Crippen LogP contribution >= 0.6 is 0 Å². The Balaban J connectivity index is 1.59. The lowest BCUT2D eigenvalue weighted by Gasteiger charge is -2.13. The van der Waals surface area contributed by atoms with Crippen LogP contribution in [-0.2, 0) is 29.1 Å². The third kappa shape index (κ3) is 4.72. The highest BCUT2D eigenvalue weighted by Gasteiger charge is 2.13. The predicted molar refractivity (Wildman–Crippen MR) is 107 cm³/mol. The van der Waals surface area contributed by atoms with Gasteiger partial charge in [-0.25, -0.2) is 9.50 Å². The Kier molecular flexibility index (Phi) is 6.36. The van der Waals surface area contributed by atoms with Crippen molar-refractivity contribution in [2.24, 2.45) is 0 Å². The molecule has 0 spiro atoms. The molecular weight excluding hydrogens is 354 g/mol. The van der Waals surface area contributed by atoms with Gasteiger partial charge >= 0.3 is 0 Å². The Hall–Kier alpha value is -2.80. The van der Waals surface area contributed by atoms with Crippen molar-refractivity contribution in [1.29, 1.82) is 0 Å². The molecule has 2 heterocycles. The zero-order valence-electron chi connectivity index (χ0n) is 16.9. The topological polar surface area (TPSA) is 81.4 Å². The molecule has 28 heavy (non-hydrogen) atoms. The van der Waals surface area contributed by atoms with Crippen molar-refractivity contribution >= 4 is 11.7 Å². The molecule has 0 radical (unpaired) electrons. The summed E-state index contributed by atoms with van der Waals surface area (Å²) in [4.78, 5) is 21.0. The minimum absolute atomic E-state index is 0.0112. The number of carbonyl (C=O) groups excluding carboxylic acids is 1. The molecule has 0 aliphatic heterocycles. The number of nitrogens with zero attached hydrogens (tertiary/aromatic N) is 4. The number of hydrogen-bond acceptors (Lipinski definition) is 5. The lowest BCUT2D eigenvalue weighted by Crippen LogP contribution is -2.24. The van der Waals surface area contributed by atoms with Gasteiger partial charge in [-0.1, -0.05) is 24.3 Å². The molecule has 0 atom stereocenters. The molecule has 0 aliphatic rings. The molecule has 1 N–H and O–H groups in total. The predicted octanol–water partition coefficient (Wildman–Crippen LogP) is 2.92. The van der Waals surface area contributed by atoms with E-state index < -0.39 is 0 Å². The average Bonchev–Trinajstić information content (AvgIpc) is 3.13. The maximum Gasteiger partial charge on any atom is 0.252 e. The molecule has 148 valence electrons. The van der Waals surface area contributed by atoms with Gasteiger partial charge in [0.25, 0.3) is 5.78 Å². The summed E-state index contributed by atoms with van der Waals surface area (Å²) in [6, 6.07) is 8.03. The van der Waals surface area contributed by atoms with E-state index in [1.807, 2.05) is 52.0 Å². The highest BCUT2D eigenvalue weighted by Crippen LogP contribution is 2.15. The maximum absolute atomic E-state index is 12.4. The number of amides is 1. The van der Waals surface area contributed by atoms with E-state index in [2.05, 4.69) is 20.4 Å². The number of aryl methyl sites for hydroxylation is 2. The van der Waals surface area contributed by atoms with E-state index in [1.54, 1.807) is 4.52 Å². The van der Waals surface area contributed by atoms with E-state index in [0.29, 0.717) is 31.8 Å². The fourth-order valence-electron chi connectivity index (χ4n) is 3.17. The van der Waals surface area contributed by atoms with Crippen LogP contribution in [0.4, 0.5) is 0 Å². The minimum atomic E-state index is 0.0112. The smallest absolute Gasteiger partial charge is 0.252 e. The first-order valence-electron chi connectivity index (χ1n) is 9.56. The van der Waals surface area contributed by atoms with Gasteiger partial charge in [0.15, 0.2) is 0 Å². The zero-order chi connectivity index (χ0) is 20.1. The Labute approximate surface area is 165 Å². The number of hydrogen-bond donors (Lipinski definition) is 1. The van der Waals surface area contributed by atoms with Crippen molar-refractivity contribution < 1.29 is 9.53 Å². The molecule has 7 heteroatoms. The molecule has 3 aromatic rings. The number of ether oxygens (including phenoxy) is 1. The van der Waals surface area contributed by atoms with Crippen LogP contribution in [0.5, 0.6) is 0 Å². The van der Waals surface area contributed by atoms with Crippen molar-refractivity contribution in [2.45, 2.75) is 59.8 Å². The number of nitrogens with one attached hydrogen (secondary N) is 1. The molecule has 3 rings (SSSR count). The van der Waals surface area contributed by atoms with Gasteiger partial charge in [0, 0.05) is 24.4 Å². The maximum atomic E-state index is 12.4.